The minimum absolute atomic E-state index is 0.283. The van der Waals surface area contributed by atoms with Crippen LogP contribution in [0.3, 0.4) is 0 Å². The molecule has 88 valence electrons. The number of anilines is 1. The zero-order valence-electron chi connectivity index (χ0n) is 9.76. The SMILES string of the molecule is CC(O)CN(c1ccc(CN)cc1)C1CC1. The van der Waals surface area contributed by atoms with Gasteiger partial charge in [0.05, 0.1) is 6.10 Å². The van der Waals surface area contributed by atoms with Crippen LogP contribution < -0.4 is 10.6 Å². The van der Waals surface area contributed by atoms with E-state index < -0.39 is 0 Å². The van der Waals surface area contributed by atoms with Crippen molar-refractivity contribution in [1.82, 2.24) is 0 Å². The summed E-state index contributed by atoms with van der Waals surface area (Å²) in [5.41, 5.74) is 7.92. The second-order valence-electron chi connectivity index (χ2n) is 4.60. The molecule has 1 fully saturated rings. The standard InChI is InChI=1S/C13H20N2O/c1-10(16)9-15(13-6-7-13)12-4-2-11(8-14)3-5-12/h2-5,10,13,16H,6-9,14H2,1H3. The lowest BCUT2D eigenvalue weighted by molar-refractivity contribution is 0.199. The molecule has 0 aromatic heterocycles. The Bertz CT molecular complexity index is 330. The van der Waals surface area contributed by atoms with E-state index in [4.69, 9.17) is 5.73 Å². The van der Waals surface area contributed by atoms with E-state index in [0.717, 1.165) is 5.56 Å². The molecular formula is C13H20N2O. The first-order valence-corrected chi connectivity index (χ1v) is 5.94. The summed E-state index contributed by atoms with van der Waals surface area (Å²) in [4.78, 5) is 2.30. The molecule has 1 aromatic carbocycles. The van der Waals surface area contributed by atoms with Crippen LogP contribution in [0.25, 0.3) is 0 Å². The quantitative estimate of drug-likeness (QED) is 0.790. The number of benzene rings is 1. The second kappa shape index (κ2) is 4.85. The molecule has 0 heterocycles. The number of aliphatic hydroxyl groups excluding tert-OH is 1. The van der Waals surface area contributed by atoms with Gasteiger partial charge in [0.25, 0.3) is 0 Å². The highest BCUT2D eigenvalue weighted by molar-refractivity contribution is 5.49. The Kier molecular flexibility index (Phi) is 3.46. The van der Waals surface area contributed by atoms with Gasteiger partial charge in [-0.25, -0.2) is 0 Å². The van der Waals surface area contributed by atoms with Crippen LogP contribution in [0.2, 0.25) is 0 Å². The molecule has 0 saturated heterocycles. The maximum Gasteiger partial charge on any atom is 0.0687 e. The topological polar surface area (TPSA) is 49.5 Å². The van der Waals surface area contributed by atoms with Crippen LogP contribution in [0, 0.1) is 0 Å². The molecule has 16 heavy (non-hydrogen) atoms. The van der Waals surface area contributed by atoms with Gasteiger partial charge in [-0.2, -0.15) is 0 Å². The van der Waals surface area contributed by atoms with Crippen molar-refractivity contribution in [3.8, 4) is 0 Å². The molecule has 1 unspecified atom stereocenters. The van der Waals surface area contributed by atoms with Crippen molar-refractivity contribution in [2.24, 2.45) is 5.73 Å². The van der Waals surface area contributed by atoms with Gasteiger partial charge in [-0.3, -0.25) is 0 Å². The molecule has 0 radical (unpaired) electrons. The van der Waals surface area contributed by atoms with Gasteiger partial charge in [-0.05, 0) is 37.5 Å². The number of aliphatic hydroxyl groups is 1. The zero-order chi connectivity index (χ0) is 11.5. The first-order chi connectivity index (χ1) is 7.70. The van der Waals surface area contributed by atoms with Gasteiger partial charge in [-0.1, -0.05) is 12.1 Å². The normalized spacial score (nSPS) is 17.2. The predicted octanol–water partition coefficient (Wildman–Crippen LogP) is 1.49. The average molecular weight is 220 g/mol. The summed E-state index contributed by atoms with van der Waals surface area (Å²) in [6.07, 6.45) is 2.20. The lowest BCUT2D eigenvalue weighted by Crippen LogP contribution is -2.32. The molecule has 1 aliphatic rings. The molecule has 2 rings (SSSR count). The van der Waals surface area contributed by atoms with Crippen LogP contribution in [0.15, 0.2) is 24.3 Å². The van der Waals surface area contributed by atoms with Crippen LogP contribution >= 0.6 is 0 Å². The number of hydrogen-bond donors (Lipinski definition) is 2. The van der Waals surface area contributed by atoms with Crippen molar-refractivity contribution >= 4 is 5.69 Å². The summed E-state index contributed by atoms with van der Waals surface area (Å²) in [6, 6.07) is 8.95. The Morgan fingerprint density at radius 3 is 2.44 bits per heavy atom. The first kappa shape index (κ1) is 11.4. The molecule has 1 saturated carbocycles. The van der Waals surface area contributed by atoms with E-state index in [1.807, 2.05) is 6.92 Å². The Morgan fingerprint density at radius 2 is 2.00 bits per heavy atom. The van der Waals surface area contributed by atoms with Crippen LogP contribution in [0.1, 0.15) is 25.3 Å². The van der Waals surface area contributed by atoms with Crippen LogP contribution in [0.5, 0.6) is 0 Å². The van der Waals surface area contributed by atoms with Crippen molar-refractivity contribution < 1.29 is 5.11 Å². The highest BCUT2D eigenvalue weighted by Gasteiger charge is 2.29. The highest BCUT2D eigenvalue weighted by Crippen LogP contribution is 2.31. The van der Waals surface area contributed by atoms with Gasteiger partial charge in [0.15, 0.2) is 0 Å². The molecule has 3 nitrogen and oxygen atoms in total. The third-order valence-electron chi connectivity index (χ3n) is 2.95. The maximum atomic E-state index is 9.50. The summed E-state index contributed by atoms with van der Waals surface area (Å²) in [5.74, 6) is 0. The van der Waals surface area contributed by atoms with Crippen molar-refractivity contribution in [3.63, 3.8) is 0 Å². The van der Waals surface area contributed by atoms with Crippen LogP contribution in [-0.4, -0.2) is 23.8 Å². The fraction of sp³-hybridized carbons (Fsp3) is 0.538. The van der Waals surface area contributed by atoms with E-state index in [9.17, 15) is 5.11 Å². The lowest BCUT2D eigenvalue weighted by Gasteiger charge is -2.26. The first-order valence-electron chi connectivity index (χ1n) is 5.94. The number of nitrogens with zero attached hydrogens (tertiary/aromatic N) is 1. The van der Waals surface area contributed by atoms with Crippen molar-refractivity contribution in [3.05, 3.63) is 29.8 Å². The summed E-state index contributed by atoms with van der Waals surface area (Å²) in [5, 5.41) is 9.50. The minimum Gasteiger partial charge on any atom is -0.392 e. The molecule has 3 heteroatoms. The minimum atomic E-state index is -0.283. The Hall–Kier alpha value is -1.06. The molecule has 0 amide bonds. The van der Waals surface area contributed by atoms with E-state index in [-0.39, 0.29) is 6.10 Å². The average Bonchev–Trinajstić information content (AvgIpc) is 3.10. The number of nitrogens with two attached hydrogens (primary N) is 1. The Balaban J connectivity index is 2.11. The second-order valence-corrected chi connectivity index (χ2v) is 4.60. The van der Waals surface area contributed by atoms with Gasteiger partial charge in [0.2, 0.25) is 0 Å². The monoisotopic (exact) mass is 220 g/mol. The zero-order valence-corrected chi connectivity index (χ0v) is 9.76. The molecule has 1 aliphatic carbocycles. The summed E-state index contributed by atoms with van der Waals surface area (Å²) in [6.45, 7) is 3.14. The van der Waals surface area contributed by atoms with Gasteiger partial charge >= 0.3 is 0 Å². The summed E-state index contributed by atoms with van der Waals surface area (Å²) >= 11 is 0. The number of hydrogen-bond acceptors (Lipinski definition) is 3. The van der Waals surface area contributed by atoms with Gasteiger partial charge < -0.3 is 15.7 Å². The van der Waals surface area contributed by atoms with Crippen molar-refractivity contribution in [1.29, 1.82) is 0 Å². The fourth-order valence-corrected chi connectivity index (χ4v) is 1.96. The van der Waals surface area contributed by atoms with Crippen LogP contribution in [-0.2, 0) is 6.54 Å². The lowest BCUT2D eigenvalue weighted by atomic mass is 10.2. The van der Waals surface area contributed by atoms with Crippen LogP contribution in [0.4, 0.5) is 5.69 Å². The van der Waals surface area contributed by atoms with E-state index in [1.54, 1.807) is 0 Å². The van der Waals surface area contributed by atoms with Crippen molar-refractivity contribution in [2.75, 3.05) is 11.4 Å². The summed E-state index contributed by atoms with van der Waals surface area (Å²) in [7, 11) is 0. The summed E-state index contributed by atoms with van der Waals surface area (Å²) < 4.78 is 0. The predicted molar refractivity (Wildman–Crippen MR) is 66.4 cm³/mol. The van der Waals surface area contributed by atoms with Gasteiger partial charge in [-0.15, -0.1) is 0 Å². The smallest absolute Gasteiger partial charge is 0.0687 e. The molecule has 1 aromatic rings. The third kappa shape index (κ3) is 2.74. The molecule has 1 atom stereocenters. The van der Waals surface area contributed by atoms with E-state index in [1.165, 1.54) is 18.5 Å². The third-order valence-corrected chi connectivity index (χ3v) is 2.95. The fourth-order valence-electron chi connectivity index (χ4n) is 1.96. The molecule has 3 N–H and O–H groups in total. The van der Waals surface area contributed by atoms with E-state index in [2.05, 4.69) is 29.2 Å². The Labute approximate surface area is 96.9 Å². The molecule has 0 aliphatic heterocycles. The molecule has 0 bridgehead atoms. The highest BCUT2D eigenvalue weighted by atomic mass is 16.3. The molecule has 0 spiro atoms. The van der Waals surface area contributed by atoms with E-state index >= 15 is 0 Å². The Morgan fingerprint density at radius 1 is 1.38 bits per heavy atom. The molecular weight excluding hydrogens is 200 g/mol. The largest absolute Gasteiger partial charge is 0.392 e. The van der Waals surface area contributed by atoms with Gasteiger partial charge in [0.1, 0.15) is 0 Å². The van der Waals surface area contributed by atoms with Crippen molar-refractivity contribution in [2.45, 2.75) is 38.5 Å². The number of rotatable bonds is 5. The maximum absolute atomic E-state index is 9.50. The van der Waals surface area contributed by atoms with E-state index in [0.29, 0.717) is 19.1 Å². The van der Waals surface area contributed by atoms with Gasteiger partial charge in [0, 0.05) is 24.8 Å².